The van der Waals surface area contributed by atoms with Crippen LogP contribution in [0.15, 0.2) is 0 Å². The maximum absolute atomic E-state index is 12.0. The van der Waals surface area contributed by atoms with Crippen molar-refractivity contribution in [1.82, 2.24) is 4.72 Å². The predicted octanol–water partition coefficient (Wildman–Crippen LogP) is 0.390. The second kappa shape index (κ2) is 5.22. The molecule has 2 fully saturated rings. The first-order chi connectivity index (χ1) is 8.05. The van der Waals surface area contributed by atoms with Gasteiger partial charge in [-0.1, -0.05) is 12.8 Å². The molecule has 0 aromatic carbocycles. The van der Waals surface area contributed by atoms with Crippen LogP contribution in [0.5, 0.6) is 0 Å². The molecule has 0 aromatic rings. The van der Waals surface area contributed by atoms with Gasteiger partial charge in [0.2, 0.25) is 10.0 Å². The molecule has 0 bridgehead atoms. The highest BCUT2D eigenvalue weighted by Crippen LogP contribution is 2.30. The summed E-state index contributed by atoms with van der Waals surface area (Å²) in [5.41, 5.74) is -0.614. The molecule has 17 heavy (non-hydrogen) atoms. The average molecular weight is 263 g/mol. The van der Waals surface area contributed by atoms with E-state index in [-0.39, 0.29) is 18.5 Å². The number of sulfonamides is 1. The van der Waals surface area contributed by atoms with E-state index in [0.29, 0.717) is 6.61 Å². The van der Waals surface area contributed by atoms with Crippen molar-refractivity contribution in [2.45, 2.75) is 50.2 Å². The molecule has 0 amide bonds. The second-order valence-electron chi connectivity index (χ2n) is 5.16. The van der Waals surface area contributed by atoms with Crippen molar-refractivity contribution in [1.29, 1.82) is 0 Å². The Morgan fingerprint density at radius 1 is 1.29 bits per heavy atom. The summed E-state index contributed by atoms with van der Waals surface area (Å²) in [4.78, 5) is 0. The van der Waals surface area contributed by atoms with Gasteiger partial charge < -0.3 is 9.84 Å². The van der Waals surface area contributed by atoms with Crippen LogP contribution in [-0.2, 0) is 14.8 Å². The van der Waals surface area contributed by atoms with Gasteiger partial charge in [-0.25, -0.2) is 13.1 Å². The molecule has 2 aliphatic rings. The Kier molecular flexibility index (Phi) is 4.07. The molecule has 5 nitrogen and oxygen atoms in total. The monoisotopic (exact) mass is 263 g/mol. The first kappa shape index (κ1) is 13.3. The molecular weight excluding hydrogens is 242 g/mol. The summed E-state index contributed by atoms with van der Waals surface area (Å²) < 4.78 is 32.0. The zero-order valence-electron chi connectivity index (χ0n) is 10.0. The van der Waals surface area contributed by atoms with E-state index in [9.17, 15) is 13.5 Å². The van der Waals surface area contributed by atoms with E-state index < -0.39 is 15.6 Å². The number of aliphatic hydroxyl groups excluding tert-OH is 1. The van der Waals surface area contributed by atoms with Gasteiger partial charge >= 0.3 is 0 Å². The Morgan fingerprint density at radius 3 is 2.53 bits per heavy atom. The molecule has 0 radical (unpaired) electrons. The fourth-order valence-corrected chi connectivity index (χ4v) is 4.50. The van der Waals surface area contributed by atoms with E-state index in [2.05, 4.69) is 4.72 Å². The maximum atomic E-state index is 12.0. The maximum Gasteiger partial charge on any atom is 0.214 e. The zero-order valence-corrected chi connectivity index (χ0v) is 10.8. The quantitative estimate of drug-likeness (QED) is 0.752. The summed E-state index contributed by atoms with van der Waals surface area (Å²) in [6.07, 6.45) is 4.98. The number of rotatable bonds is 5. The summed E-state index contributed by atoms with van der Waals surface area (Å²) >= 11 is 0. The third-order valence-electron chi connectivity index (χ3n) is 3.66. The van der Waals surface area contributed by atoms with E-state index in [1.807, 2.05) is 0 Å². The van der Waals surface area contributed by atoms with Gasteiger partial charge in [0.1, 0.15) is 0 Å². The molecule has 1 saturated heterocycles. The number of hydrogen-bond acceptors (Lipinski definition) is 4. The van der Waals surface area contributed by atoms with Gasteiger partial charge in [-0.05, 0) is 25.7 Å². The minimum absolute atomic E-state index is 0.0226. The lowest BCUT2D eigenvalue weighted by Gasteiger charge is -2.28. The Bertz CT molecular complexity index is 342. The number of ether oxygens (including phenoxy) is 1. The summed E-state index contributed by atoms with van der Waals surface area (Å²) in [5.74, 6) is 0.0226. The molecule has 1 heterocycles. The van der Waals surface area contributed by atoms with Gasteiger partial charge in [-0.2, -0.15) is 0 Å². The van der Waals surface area contributed by atoms with Gasteiger partial charge in [0.15, 0.2) is 0 Å². The first-order valence-corrected chi connectivity index (χ1v) is 7.95. The third-order valence-corrected chi connectivity index (χ3v) is 5.22. The molecule has 100 valence electrons. The van der Waals surface area contributed by atoms with E-state index in [1.54, 1.807) is 0 Å². The lowest BCUT2D eigenvalue weighted by molar-refractivity contribution is 0.126. The molecule has 2 N–H and O–H groups in total. The number of hydrogen-bond donors (Lipinski definition) is 2. The summed E-state index contributed by atoms with van der Waals surface area (Å²) in [6.45, 7) is 0.545. The van der Waals surface area contributed by atoms with E-state index in [1.165, 1.54) is 0 Å². The van der Waals surface area contributed by atoms with Gasteiger partial charge in [-0.15, -0.1) is 0 Å². The average Bonchev–Trinajstić information content (AvgIpc) is 2.89. The number of aliphatic hydroxyl groups is 1. The minimum Gasteiger partial charge on any atom is -0.394 e. The van der Waals surface area contributed by atoms with Crippen molar-refractivity contribution >= 4 is 10.0 Å². The van der Waals surface area contributed by atoms with Crippen LogP contribution in [0.1, 0.15) is 38.5 Å². The van der Waals surface area contributed by atoms with Crippen molar-refractivity contribution in [3.8, 4) is 0 Å². The van der Waals surface area contributed by atoms with Crippen LogP contribution in [0, 0.1) is 0 Å². The predicted molar refractivity (Wildman–Crippen MR) is 64.2 cm³/mol. The van der Waals surface area contributed by atoms with E-state index >= 15 is 0 Å². The van der Waals surface area contributed by atoms with Crippen LogP contribution in [0.3, 0.4) is 0 Å². The van der Waals surface area contributed by atoms with Gasteiger partial charge in [-0.3, -0.25) is 0 Å². The van der Waals surface area contributed by atoms with Crippen molar-refractivity contribution in [3.05, 3.63) is 0 Å². The fraction of sp³-hybridized carbons (Fsp3) is 1.00. The highest BCUT2D eigenvalue weighted by atomic mass is 32.2. The minimum atomic E-state index is -3.35. The molecule has 0 spiro atoms. The van der Waals surface area contributed by atoms with E-state index in [4.69, 9.17) is 4.74 Å². The van der Waals surface area contributed by atoms with Crippen molar-refractivity contribution < 1.29 is 18.3 Å². The Morgan fingerprint density at radius 2 is 2.00 bits per heavy atom. The molecule has 1 saturated carbocycles. The van der Waals surface area contributed by atoms with Crippen LogP contribution < -0.4 is 4.72 Å². The van der Waals surface area contributed by atoms with E-state index in [0.717, 1.165) is 38.5 Å². The lowest BCUT2D eigenvalue weighted by Crippen LogP contribution is -2.50. The molecule has 1 unspecified atom stereocenters. The SMILES string of the molecule is O=S(=O)(CC1CCCO1)NC1(CO)CCCC1. The standard InChI is InChI=1S/C11H21NO4S/c13-9-11(5-1-2-6-11)12-17(14,15)8-10-4-3-7-16-10/h10,12-13H,1-9H2. The normalized spacial score (nSPS) is 28.6. The summed E-state index contributed by atoms with van der Waals surface area (Å²) in [7, 11) is -3.35. The topological polar surface area (TPSA) is 75.6 Å². The molecule has 2 rings (SSSR count). The Balaban J connectivity index is 1.95. The third kappa shape index (κ3) is 3.40. The molecule has 6 heteroatoms. The van der Waals surface area contributed by atoms with Crippen LogP contribution in [-0.4, -0.2) is 44.1 Å². The summed E-state index contributed by atoms with van der Waals surface area (Å²) in [6, 6.07) is 0. The Hall–Kier alpha value is -0.170. The summed E-state index contributed by atoms with van der Waals surface area (Å²) in [5, 5.41) is 9.38. The van der Waals surface area contributed by atoms with Crippen molar-refractivity contribution in [2.75, 3.05) is 19.0 Å². The van der Waals surface area contributed by atoms with Crippen molar-refractivity contribution in [3.63, 3.8) is 0 Å². The lowest BCUT2D eigenvalue weighted by atomic mass is 10.0. The van der Waals surface area contributed by atoms with Crippen LogP contribution in [0.2, 0.25) is 0 Å². The smallest absolute Gasteiger partial charge is 0.214 e. The zero-order chi connectivity index (χ0) is 12.4. The molecule has 1 aliphatic carbocycles. The van der Waals surface area contributed by atoms with Gasteiger partial charge in [0, 0.05) is 6.61 Å². The molecule has 0 aromatic heterocycles. The highest BCUT2D eigenvalue weighted by molar-refractivity contribution is 7.89. The number of nitrogens with one attached hydrogen (secondary N) is 1. The first-order valence-electron chi connectivity index (χ1n) is 6.29. The highest BCUT2D eigenvalue weighted by Gasteiger charge is 2.37. The Labute approximate surface area is 103 Å². The molecule has 1 atom stereocenters. The second-order valence-corrected chi connectivity index (χ2v) is 6.93. The van der Waals surface area contributed by atoms with Crippen LogP contribution in [0.4, 0.5) is 0 Å². The van der Waals surface area contributed by atoms with Gasteiger partial charge in [0.05, 0.1) is 24.0 Å². The molecular formula is C11H21NO4S. The molecule has 1 aliphatic heterocycles. The largest absolute Gasteiger partial charge is 0.394 e. The van der Waals surface area contributed by atoms with Gasteiger partial charge in [0.25, 0.3) is 0 Å². The fourth-order valence-electron chi connectivity index (χ4n) is 2.74. The van der Waals surface area contributed by atoms with Crippen LogP contribution >= 0.6 is 0 Å². The van der Waals surface area contributed by atoms with Crippen LogP contribution in [0.25, 0.3) is 0 Å². The van der Waals surface area contributed by atoms with Crippen molar-refractivity contribution in [2.24, 2.45) is 0 Å².